The predicted molar refractivity (Wildman–Crippen MR) is 78.2 cm³/mol. The number of methoxy groups -OCH3 is 1. The molecule has 1 unspecified atom stereocenters. The molecule has 0 saturated heterocycles. The Labute approximate surface area is 123 Å². The van der Waals surface area contributed by atoms with Crippen LogP contribution in [0.2, 0.25) is 0 Å². The molecule has 0 bridgehead atoms. The highest BCUT2D eigenvalue weighted by Gasteiger charge is 2.26. The lowest BCUT2D eigenvalue weighted by Crippen LogP contribution is -2.37. The fraction of sp³-hybridized carbons (Fsp3) is 0.467. The molecule has 1 aliphatic carbocycles. The summed E-state index contributed by atoms with van der Waals surface area (Å²) in [5.41, 5.74) is 1.02. The first kappa shape index (κ1) is 15.2. The van der Waals surface area contributed by atoms with Gasteiger partial charge in [0.15, 0.2) is 6.10 Å². The molecule has 21 heavy (non-hydrogen) atoms. The molecule has 1 atom stereocenters. The molecule has 1 fully saturated rings. The van der Waals surface area contributed by atoms with Gasteiger partial charge in [-0.15, -0.1) is 0 Å². The monoisotopic (exact) mass is 292 g/mol. The Kier molecular flexibility index (Phi) is 4.67. The molecule has 0 aromatic heterocycles. The molecular formula is C15H20N2O4. The maximum Gasteiger partial charge on any atom is 0.260 e. The minimum absolute atomic E-state index is 0.148. The van der Waals surface area contributed by atoms with E-state index in [4.69, 9.17) is 14.7 Å². The topological polar surface area (TPSA) is 80.2 Å². The molecular weight excluding hydrogens is 272 g/mol. The van der Waals surface area contributed by atoms with Crippen molar-refractivity contribution < 1.29 is 19.5 Å². The summed E-state index contributed by atoms with van der Waals surface area (Å²) in [5.74, 6) is 0.905. The van der Waals surface area contributed by atoms with Crippen LogP contribution in [0.3, 0.4) is 0 Å². The number of nitrogens with one attached hydrogen (secondary N) is 1. The zero-order valence-electron chi connectivity index (χ0n) is 12.4. The quantitative estimate of drug-likeness (QED) is 0.477. The smallest absolute Gasteiger partial charge is 0.260 e. The minimum Gasteiger partial charge on any atom is -0.497 e. The Hall–Kier alpha value is -2.24. The van der Waals surface area contributed by atoms with Crippen LogP contribution in [0.15, 0.2) is 23.4 Å². The van der Waals surface area contributed by atoms with Gasteiger partial charge in [0.1, 0.15) is 11.5 Å². The van der Waals surface area contributed by atoms with Gasteiger partial charge in [-0.1, -0.05) is 5.16 Å². The highest BCUT2D eigenvalue weighted by atomic mass is 16.5. The van der Waals surface area contributed by atoms with Gasteiger partial charge >= 0.3 is 0 Å². The van der Waals surface area contributed by atoms with Crippen LogP contribution in [0.25, 0.3) is 0 Å². The van der Waals surface area contributed by atoms with Crippen molar-refractivity contribution in [2.75, 3.05) is 7.11 Å². The van der Waals surface area contributed by atoms with Gasteiger partial charge in [0.2, 0.25) is 0 Å². The number of carbonyl (C=O) groups excluding carboxylic acids is 1. The van der Waals surface area contributed by atoms with Crippen molar-refractivity contribution in [2.24, 2.45) is 5.16 Å². The van der Waals surface area contributed by atoms with Gasteiger partial charge in [0.05, 0.1) is 12.8 Å². The van der Waals surface area contributed by atoms with Crippen molar-refractivity contribution in [3.63, 3.8) is 0 Å². The van der Waals surface area contributed by atoms with Gasteiger partial charge in [-0.3, -0.25) is 4.79 Å². The third-order valence-corrected chi connectivity index (χ3v) is 3.33. The van der Waals surface area contributed by atoms with Crippen molar-refractivity contribution in [2.45, 2.75) is 38.8 Å². The molecule has 114 valence electrons. The van der Waals surface area contributed by atoms with Crippen LogP contribution < -0.4 is 14.8 Å². The second kappa shape index (κ2) is 6.47. The summed E-state index contributed by atoms with van der Waals surface area (Å²) >= 11 is 0. The standard InChI is InChI=1S/C15H20N2O4/c1-9(17-19)13-7-6-12(20-3)8-14(13)21-10(2)15(18)16-11-4-5-11/h6-8,10-11,19H,4-5H2,1-3H3,(H,16,18)/b17-9+. The lowest BCUT2D eigenvalue weighted by molar-refractivity contribution is -0.127. The molecule has 2 N–H and O–H groups in total. The molecule has 1 saturated carbocycles. The molecule has 0 heterocycles. The molecule has 0 aliphatic heterocycles. The van der Waals surface area contributed by atoms with E-state index in [9.17, 15) is 4.79 Å². The molecule has 1 aromatic rings. The first-order valence-electron chi connectivity index (χ1n) is 6.89. The molecule has 1 aromatic carbocycles. The molecule has 2 rings (SSSR count). The maximum atomic E-state index is 12.0. The van der Waals surface area contributed by atoms with Crippen LogP contribution in [-0.4, -0.2) is 36.1 Å². The summed E-state index contributed by atoms with van der Waals surface area (Å²) in [5, 5.41) is 15.0. The van der Waals surface area contributed by atoms with Gasteiger partial charge in [-0.05, 0) is 38.8 Å². The molecule has 6 nitrogen and oxygen atoms in total. The van der Waals surface area contributed by atoms with Crippen LogP contribution >= 0.6 is 0 Å². The van der Waals surface area contributed by atoms with Crippen molar-refractivity contribution in [3.8, 4) is 11.5 Å². The van der Waals surface area contributed by atoms with E-state index in [0.717, 1.165) is 12.8 Å². The number of benzene rings is 1. The number of carbonyl (C=O) groups is 1. The zero-order valence-corrected chi connectivity index (χ0v) is 12.4. The second-order valence-electron chi connectivity index (χ2n) is 5.09. The molecule has 0 radical (unpaired) electrons. The van der Waals surface area contributed by atoms with Gasteiger partial charge in [-0.2, -0.15) is 0 Å². The van der Waals surface area contributed by atoms with E-state index < -0.39 is 6.10 Å². The van der Waals surface area contributed by atoms with Crippen LogP contribution in [0.1, 0.15) is 32.3 Å². The fourth-order valence-electron chi connectivity index (χ4n) is 1.87. The molecule has 1 amide bonds. The summed E-state index contributed by atoms with van der Waals surface area (Å²) < 4.78 is 10.9. The number of oxime groups is 1. The Bertz CT molecular complexity index is 553. The molecule has 0 spiro atoms. The van der Waals surface area contributed by atoms with Gasteiger partial charge < -0.3 is 20.0 Å². The summed E-state index contributed by atoms with van der Waals surface area (Å²) in [7, 11) is 1.55. The Morgan fingerprint density at radius 1 is 1.48 bits per heavy atom. The third-order valence-electron chi connectivity index (χ3n) is 3.33. The number of hydrogen-bond acceptors (Lipinski definition) is 5. The number of hydrogen-bond donors (Lipinski definition) is 2. The predicted octanol–water partition coefficient (Wildman–Crippen LogP) is 1.94. The highest BCUT2D eigenvalue weighted by Crippen LogP contribution is 2.27. The minimum atomic E-state index is -0.636. The first-order valence-corrected chi connectivity index (χ1v) is 6.89. The average Bonchev–Trinajstić information content (AvgIpc) is 3.30. The van der Waals surface area contributed by atoms with E-state index in [1.807, 2.05) is 0 Å². The normalized spacial score (nSPS) is 16.2. The summed E-state index contributed by atoms with van der Waals surface area (Å²) in [4.78, 5) is 12.0. The van der Waals surface area contributed by atoms with E-state index in [0.29, 0.717) is 22.8 Å². The number of rotatable bonds is 6. The van der Waals surface area contributed by atoms with Crippen LogP contribution in [-0.2, 0) is 4.79 Å². The first-order chi connectivity index (χ1) is 10.0. The van der Waals surface area contributed by atoms with E-state index in [-0.39, 0.29) is 11.9 Å². The molecule has 1 aliphatic rings. The maximum absolute atomic E-state index is 12.0. The summed E-state index contributed by atoms with van der Waals surface area (Å²) in [6, 6.07) is 5.43. The van der Waals surface area contributed by atoms with Crippen LogP contribution in [0.5, 0.6) is 11.5 Å². The lowest BCUT2D eigenvalue weighted by atomic mass is 10.1. The number of amides is 1. The van der Waals surface area contributed by atoms with Crippen molar-refractivity contribution in [1.82, 2.24) is 5.32 Å². The van der Waals surface area contributed by atoms with Crippen molar-refractivity contribution >= 4 is 11.6 Å². The number of ether oxygens (including phenoxy) is 2. The highest BCUT2D eigenvalue weighted by molar-refractivity contribution is 6.01. The van der Waals surface area contributed by atoms with Crippen molar-refractivity contribution in [3.05, 3.63) is 23.8 Å². The third kappa shape index (κ3) is 3.87. The zero-order chi connectivity index (χ0) is 15.4. The average molecular weight is 292 g/mol. The summed E-state index contributed by atoms with van der Waals surface area (Å²) in [6.45, 7) is 3.34. The molecule has 6 heteroatoms. The van der Waals surface area contributed by atoms with Gasteiger partial charge in [0.25, 0.3) is 5.91 Å². The van der Waals surface area contributed by atoms with E-state index >= 15 is 0 Å². The van der Waals surface area contributed by atoms with Crippen LogP contribution in [0.4, 0.5) is 0 Å². The Morgan fingerprint density at radius 3 is 2.76 bits per heavy atom. The SMILES string of the molecule is COc1ccc(/C(C)=N/O)c(OC(C)C(=O)NC2CC2)c1. The number of nitrogens with zero attached hydrogens (tertiary/aromatic N) is 1. The lowest BCUT2D eigenvalue weighted by Gasteiger charge is -2.17. The largest absolute Gasteiger partial charge is 0.497 e. The second-order valence-corrected chi connectivity index (χ2v) is 5.09. The van der Waals surface area contributed by atoms with Gasteiger partial charge in [-0.25, -0.2) is 0 Å². The van der Waals surface area contributed by atoms with Crippen molar-refractivity contribution in [1.29, 1.82) is 0 Å². The van der Waals surface area contributed by atoms with E-state index in [1.54, 1.807) is 39.2 Å². The van der Waals surface area contributed by atoms with E-state index in [1.165, 1.54) is 0 Å². The Morgan fingerprint density at radius 2 is 2.19 bits per heavy atom. The fourth-order valence-corrected chi connectivity index (χ4v) is 1.87. The van der Waals surface area contributed by atoms with E-state index in [2.05, 4.69) is 10.5 Å². The summed E-state index contributed by atoms with van der Waals surface area (Å²) in [6.07, 6.45) is 1.42. The van der Waals surface area contributed by atoms with Crippen LogP contribution in [0, 0.1) is 0 Å². The van der Waals surface area contributed by atoms with Gasteiger partial charge in [0, 0.05) is 17.7 Å². The Balaban J connectivity index is 2.17.